The maximum Gasteiger partial charge on any atom is 0.255 e. The van der Waals surface area contributed by atoms with Gasteiger partial charge in [-0.3, -0.25) is 14.5 Å². The predicted octanol–water partition coefficient (Wildman–Crippen LogP) is 0.706. The number of anilines is 2. The maximum absolute atomic E-state index is 11.5. The fourth-order valence-electron chi connectivity index (χ4n) is 1.34. The molecule has 2 bridgehead atoms. The Balaban J connectivity index is 2.12. The van der Waals surface area contributed by atoms with Crippen molar-refractivity contribution in [1.82, 2.24) is 0 Å². The number of benzene rings is 1. The van der Waals surface area contributed by atoms with Gasteiger partial charge in [-0.05, 0) is 18.2 Å². The molecule has 1 aromatic rings. The monoisotopic (exact) mass is 188 g/mol. The van der Waals surface area contributed by atoms with E-state index in [0.29, 0.717) is 0 Å². The molecule has 0 atom stereocenters. The molecular weight excluding hydrogens is 180 g/mol. The molecule has 4 heteroatoms. The summed E-state index contributed by atoms with van der Waals surface area (Å²) in [5.41, 5.74) is 6.55. The molecule has 14 heavy (non-hydrogen) atoms. The van der Waals surface area contributed by atoms with Crippen molar-refractivity contribution >= 4 is 23.2 Å². The number of nitrogens with two attached hydrogens (primary N) is 1. The Morgan fingerprint density at radius 1 is 1.21 bits per heavy atom. The summed E-state index contributed by atoms with van der Waals surface area (Å²) < 4.78 is 0. The van der Waals surface area contributed by atoms with Crippen molar-refractivity contribution in [3.8, 4) is 0 Å². The van der Waals surface area contributed by atoms with Crippen LogP contribution in [-0.4, -0.2) is 11.8 Å². The van der Waals surface area contributed by atoms with E-state index >= 15 is 0 Å². The Morgan fingerprint density at radius 2 is 1.86 bits per heavy atom. The number of rotatable bonds is 2. The van der Waals surface area contributed by atoms with Crippen molar-refractivity contribution in [1.29, 1.82) is 0 Å². The second kappa shape index (κ2) is 2.99. The first-order chi connectivity index (χ1) is 6.68. The van der Waals surface area contributed by atoms with Gasteiger partial charge in [0.1, 0.15) is 0 Å². The van der Waals surface area contributed by atoms with E-state index in [4.69, 9.17) is 5.73 Å². The molecule has 0 fully saturated rings. The van der Waals surface area contributed by atoms with Gasteiger partial charge >= 0.3 is 0 Å². The molecule has 70 valence electrons. The average molecular weight is 188 g/mol. The van der Waals surface area contributed by atoms with Crippen LogP contribution in [0.15, 0.2) is 36.4 Å². The zero-order chi connectivity index (χ0) is 10.1. The van der Waals surface area contributed by atoms with E-state index in [1.807, 2.05) is 24.3 Å². The largest absolute Gasteiger partial charge is 0.366 e. The third-order valence-corrected chi connectivity index (χ3v) is 1.96. The van der Waals surface area contributed by atoms with Crippen LogP contribution >= 0.6 is 0 Å². The zero-order valence-electron chi connectivity index (χ0n) is 7.31. The fraction of sp³-hybridized carbons (Fsp3) is 0. The van der Waals surface area contributed by atoms with Crippen molar-refractivity contribution in [3.63, 3.8) is 0 Å². The minimum atomic E-state index is -0.623. The van der Waals surface area contributed by atoms with Gasteiger partial charge in [0.15, 0.2) is 0 Å². The first-order valence-electron chi connectivity index (χ1n) is 4.10. The van der Waals surface area contributed by atoms with Crippen LogP contribution in [0.1, 0.15) is 0 Å². The molecule has 2 aliphatic heterocycles. The van der Waals surface area contributed by atoms with Crippen LogP contribution in [0.3, 0.4) is 0 Å². The van der Waals surface area contributed by atoms with E-state index in [2.05, 4.69) is 0 Å². The van der Waals surface area contributed by atoms with Crippen LogP contribution in [0.25, 0.3) is 0 Å². The second-order valence-corrected chi connectivity index (χ2v) is 2.93. The third kappa shape index (κ3) is 1.26. The number of amides is 2. The highest BCUT2D eigenvalue weighted by molar-refractivity contribution is 6.12. The van der Waals surface area contributed by atoms with Gasteiger partial charge in [0, 0.05) is 12.2 Å². The van der Waals surface area contributed by atoms with Crippen molar-refractivity contribution in [2.75, 3.05) is 4.90 Å². The van der Waals surface area contributed by atoms with Gasteiger partial charge in [-0.15, -0.1) is 0 Å². The van der Waals surface area contributed by atoms with Crippen LogP contribution < -0.4 is 10.6 Å². The molecule has 0 aromatic heterocycles. The van der Waals surface area contributed by atoms with E-state index < -0.39 is 5.91 Å². The predicted molar refractivity (Wildman–Crippen MR) is 51.9 cm³/mol. The normalized spacial score (nSPS) is 12.7. The van der Waals surface area contributed by atoms with E-state index in [1.165, 1.54) is 11.0 Å². The van der Waals surface area contributed by atoms with Crippen LogP contribution in [0.2, 0.25) is 0 Å². The summed E-state index contributed by atoms with van der Waals surface area (Å²) in [4.78, 5) is 23.4. The van der Waals surface area contributed by atoms with Gasteiger partial charge in [0.2, 0.25) is 5.91 Å². The number of primary amides is 1. The van der Waals surface area contributed by atoms with E-state index in [-0.39, 0.29) is 5.91 Å². The van der Waals surface area contributed by atoms with Crippen LogP contribution in [0.5, 0.6) is 0 Å². The van der Waals surface area contributed by atoms with E-state index in [1.54, 1.807) is 0 Å². The Morgan fingerprint density at radius 3 is 2.36 bits per heavy atom. The number of carbonyl (C=O) groups excluding carboxylic acids is 2. The quantitative estimate of drug-likeness (QED) is 0.694. The minimum Gasteiger partial charge on any atom is -0.366 e. The summed E-state index contributed by atoms with van der Waals surface area (Å²) in [6, 6.07) is 7.40. The van der Waals surface area contributed by atoms with Crippen molar-refractivity contribution in [2.24, 2.45) is 5.73 Å². The van der Waals surface area contributed by atoms with E-state index in [9.17, 15) is 9.59 Å². The van der Waals surface area contributed by atoms with Gasteiger partial charge in [0.25, 0.3) is 5.91 Å². The number of hydrogen-bond donors (Lipinski definition) is 1. The first kappa shape index (κ1) is 8.50. The standard InChI is InChI=1S/C10H8N2O2/c11-9(13)4-5-10(14)12-7-2-1-3-8(12)6-7/h1-6H,(H2,11,13)/b5-4-. The Labute approximate surface area is 80.6 Å². The molecule has 2 amide bonds. The summed E-state index contributed by atoms with van der Waals surface area (Å²) in [6.45, 7) is 0. The molecule has 0 saturated heterocycles. The highest BCUT2D eigenvalue weighted by Crippen LogP contribution is 2.37. The summed E-state index contributed by atoms with van der Waals surface area (Å²) in [7, 11) is 0. The van der Waals surface area contributed by atoms with Crippen molar-refractivity contribution in [2.45, 2.75) is 0 Å². The van der Waals surface area contributed by atoms with Gasteiger partial charge in [0.05, 0.1) is 11.4 Å². The first-order valence-corrected chi connectivity index (χ1v) is 4.10. The number of hydrogen-bond acceptors (Lipinski definition) is 2. The minimum absolute atomic E-state index is 0.253. The van der Waals surface area contributed by atoms with Crippen molar-refractivity contribution in [3.05, 3.63) is 36.4 Å². The molecule has 2 N–H and O–H groups in total. The van der Waals surface area contributed by atoms with Gasteiger partial charge in [-0.1, -0.05) is 6.07 Å². The maximum atomic E-state index is 11.5. The fourth-order valence-corrected chi connectivity index (χ4v) is 1.34. The molecule has 1 aromatic carbocycles. The molecule has 4 nitrogen and oxygen atoms in total. The molecule has 0 radical (unpaired) electrons. The van der Waals surface area contributed by atoms with Crippen molar-refractivity contribution < 1.29 is 9.59 Å². The molecule has 0 saturated carbocycles. The second-order valence-electron chi connectivity index (χ2n) is 2.93. The summed E-state index contributed by atoms with van der Waals surface area (Å²) in [6.07, 6.45) is 2.23. The summed E-state index contributed by atoms with van der Waals surface area (Å²) in [5, 5.41) is 0. The highest BCUT2D eigenvalue weighted by atomic mass is 16.2. The Kier molecular flexibility index (Phi) is 1.81. The molecule has 0 unspecified atom stereocenters. The van der Waals surface area contributed by atoms with E-state index in [0.717, 1.165) is 17.5 Å². The van der Waals surface area contributed by atoms with Crippen LogP contribution in [-0.2, 0) is 9.59 Å². The topological polar surface area (TPSA) is 63.4 Å². The lowest BCUT2D eigenvalue weighted by atomic mass is 10.1. The van der Waals surface area contributed by atoms with Gasteiger partial charge < -0.3 is 5.73 Å². The average Bonchev–Trinajstić information content (AvgIpc) is 2.16. The molecule has 0 aliphatic carbocycles. The molecule has 3 rings (SSSR count). The Hall–Kier alpha value is -2.10. The number of nitrogens with zero attached hydrogens (tertiary/aromatic N) is 1. The lowest BCUT2D eigenvalue weighted by Gasteiger charge is -2.30. The smallest absolute Gasteiger partial charge is 0.255 e. The highest BCUT2D eigenvalue weighted by Gasteiger charge is 2.23. The zero-order valence-corrected chi connectivity index (χ0v) is 7.31. The lowest BCUT2D eigenvalue weighted by Crippen LogP contribution is -2.29. The molecular formula is C10H8N2O2. The van der Waals surface area contributed by atoms with Gasteiger partial charge in [-0.25, -0.2) is 0 Å². The van der Waals surface area contributed by atoms with Crippen LogP contribution in [0, 0.1) is 0 Å². The third-order valence-electron chi connectivity index (χ3n) is 1.96. The van der Waals surface area contributed by atoms with Crippen LogP contribution in [0.4, 0.5) is 11.4 Å². The van der Waals surface area contributed by atoms with Gasteiger partial charge in [-0.2, -0.15) is 0 Å². The summed E-state index contributed by atoms with van der Waals surface area (Å²) >= 11 is 0. The SMILES string of the molecule is NC(=O)/C=C\C(=O)N1c2cccc1c2. The Bertz CT molecular complexity index is 411. The molecule has 2 aliphatic rings. The number of fused-ring (bicyclic) bond motifs is 2. The summed E-state index contributed by atoms with van der Waals surface area (Å²) in [5.74, 6) is -0.876. The number of carbonyl (C=O) groups is 2. The lowest BCUT2D eigenvalue weighted by molar-refractivity contribution is -0.115. The molecule has 0 spiro atoms. The molecule has 2 heterocycles.